The summed E-state index contributed by atoms with van der Waals surface area (Å²) in [7, 11) is 0. The third kappa shape index (κ3) is 4.33. The lowest BCUT2D eigenvalue weighted by atomic mass is 10.3. The zero-order valence-corrected chi connectivity index (χ0v) is 12.6. The van der Waals surface area contributed by atoms with Crippen molar-refractivity contribution >= 4 is 39.3 Å². The van der Waals surface area contributed by atoms with Crippen LogP contribution in [0.25, 0.3) is 0 Å². The zero-order chi connectivity index (χ0) is 14.4. The molecule has 0 fully saturated rings. The number of hydrogen-bond acceptors (Lipinski definition) is 5. The second kappa shape index (κ2) is 7.03. The van der Waals surface area contributed by atoms with Gasteiger partial charge in [0.2, 0.25) is 5.91 Å². The van der Waals surface area contributed by atoms with E-state index in [0.717, 1.165) is 9.37 Å². The molecule has 2 rings (SSSR count). The van der Waals surface area contributed by atoms with E-state index in [4.69, 9.17) is 5.26 Å². The number of nitrogens with one attached hydrogen (secondary N) is 1. The number of rotatable bonds is 4. The molecule has 0 spiro atoms. The van der Waals surface area contributed by atoms with Crippen LogP contribution in [-0.4, -0.2) is 15.9 Å². The maximum absolute atomic E-state index is 11.3. The smallest absolute Gasteiger partial charge is 0.238 e. The van der Waals surface area contributed by atoms with Gasteiger partial charge in [0.1, 0.15) is 6.42 Å². The molecule has 0 aliphatic carbocycles. The van der Waals surface area contributed by atoms with E-state index < -0.39 is 0 Å². The van der Waals surface area contributed by atoms with Crippen molar-refractivity contribution in [1.82, 2.24) is 9.97 Å². The largest absolute Gasteiger partial charge is 0.325 e. The number of carbonyl (C=O) groups is 1. The summed E-state index contributed by atoms with van der Waals surface area (Å²) in [5.74, 6) is -0.316. The Morgan fingerprint density at radius 1 is 1.30 bits per heavy atom. The van der Waals surface area contributed by atoms with Crippen LogP contribution in [0.1, 0.15) is 6.42 Å². The third-order valence-corrected chi connectivity index (χ3v) is 3.49. The Bertz CT molecular complexity index is 637. The first-order valence-corrected chi connectivity index (χ1v) is 7.20. The highest BCUT2D eigenvalue weighted by Gasteiger charge is 2.03. The lowest BCUT2D eigenvalue weighted by Crippen LogP contribution is -2.09. The minimum Gasteiger partial charge on any atom is -0.325 e. The lowest BCUT2D eigenvalue weighted by molar-refractivity contribution is -0.115. The van der Waals surface area contributed by atoms with Crippen molar-refractivity contribution in [1.29, 1.82) is 5.26 Å². The summed E-state index contributed by atoms with van der Waals surface area (Å²) < 4.78 is 0.831. The molecule has 2 aromatic rings. The molecule has 1 aromatic heterocycles. The predicted molar refractivity (Wildman–Crippen MR) is 79.2 cm³/mol. The number of benzene rings is 1. The number of hydrogen-bond donors (Lipinski definition) is 1. The van der Waals surface area contributed by atoms with Crippen LogP contribution in [-0.2, 0) is 4.79 Å². The average Bonchev–Trinajstić information content (AvgIpc) is 2.44. The first-order chi connectivity index (χ1) is 9.67. The van der Waals surface area contributed by atoms with Gasteiger partial charge in [-0.05, 0) is 52.0 Å². The molecule has 0 saturated carbocycles. The number of anilines is 1. The molecule has 1 N–H and O–H groups in total. The molecule has 20 heavy (non-hydrogen) atoms. The Hall–Kier alpha value is -1.91. The van der Waals surface area contributed by atoms with Crippen molar-refractivity contribution in [2.24, 2.45) is 0 Å². The molecule has 0 radical (unpaired) electrons. The van der Waals surface area contributed by atoms with Crippen molar-refractivity contribution in [2.45, 2.75) is 16.5 Å². The summed E-state index contributed by atoms with van der Waals surface area (Å²) in [5, 5.41) is 11.7. The van der Waals surface area contributed by atoms with E-state index in [1.807, 2.05) is 12.1 Å². The monoisotopic (exact) mass is 348 g/mol. The van der Waals surface area contributed by atoms with Crippen molar-refractivity contribution in [3.8, 4) is 6.07 Å². The van der Waals surface area contributed by atoms with Gasteiger partial charge in [0.25, 0.3) is 0 Å². The quantitative estimate of drug-likeness (QED) is 0.858. The molecule has 0 bridgehead atoms. The van der Waals surface area contributed by atoms with Gasteiger partial charge in [-0.1, -0.05) is 0 Å². The van der Waals surface area contributed by atoms with Gasteiger partial charge in [0.15, 0.2) is 5.16 Å². The summed E-state index contributed by atoms with van der Waals surface area (Å²) in [5.41, 5.74) is 0.659. The average molecular weight is 349 g/mol. The molecular formula is C13H9BrN4OS. The molecule has 100 valence electrons. The van der Waals surface area contributed by atoms with Crippen molar-refractivity contribution < 1.29 is 4.79 Å². The van der Waals surface area contributed by atoms with E-state index >= 15 is 0 Å². The van der Waals surface area contributed by atoms with Gasteiger partial charge in [-0.15, -0.1) is 0 Å². The van der Waals surface area contributed by atoms with Crippen LogP contribution in [0, 0.1) is 11.3 Å². The minimum absolute atomic E-state index is 0.150. The molecular weight excluding hydrogens is 340 g/mol. The van der Waals surface area contributed by atoms with Crippen LogP contribution in [0.3, 0.4) is 0 Å². The summed E-state index contributed by atoms with van der Waals surface area (Å²) in [6.45, 7) is 0. The number of aromatic nitrogens is 2. The molecule has 1 amide bonds. The predicted octanol–water partition coefficient (Wildman–Crippen LogP) is 3.24. The number of nitrogens with zero attached hydrogens (tertiary/aromatic N) is 3. The highest BCUT2D eigenvalue weighted by atomic mass is 79.9. The van der Waals surface area contributed by atoms with Crippen LogP contribution in [0.15, 0.2) is 51.2 Å². The summed E-state index contributed by atoms with van der Waals surface area (Å²) in [6, 6.07) is 9.07. The van der Waals surface area contributed by atoms with Crippen molar-refractivity contribution in [3.05, 3.63) is 41.1 Å². The molecule has 1 heterocycles. The van der Waals surface area contributed by atoms with Gasteiger partial charge in [-0.3, -0.25) is 4.79 Å². The van der Waals surface area contributed by atoms with Crippen LogP contribution in [0.5, 0.6) is 0 Å². The fourth-order valence-corrected chi connectivity index (χ4v) is 2.24. The maximum atomic E-state index is 11.3. The third-order valence-electron chi connectivity index (χ3n) is 2.18. The maximum Gasteiger partial charge on any atom is 0.238 e. The second-order valence-corrected chi connectivity index (χ2v) is 5.65. The normalized spacial score (nSPS) is 9.80. The van der Waals surface area contributed by atoms with Gasteiger partial charge in [-0.25, -0.2) is 9.97 Å². The zero-order valence-electron chi connectivity index (χ0n) is 10.2. The highest BCUT2D eigenvalue weighted by Crippen LogP contribution is 2.25. The Balaban J connectivity index is 1.99. The Morgan fingerprint density at radius 2 is 1.95 bits per heavy atom. The molecule has 0 aliphatic rings. The van der Waals surface area contributed by atoms with Gasteiger partial charge in [0, 0.05) is 23.0 Å². The van der Waals surface area contributed by atoms with E-state index in [2.05, 4.69) is 31.2 Å². The van der Waals surface area contributed by atoms with E-state index in [0.29, 0.717) is 10.8 Å². The topological polar surface area (TPSA) is 78.7 Å². The lowest BCUT2D eigenvalue weighted by Gasteiger charge is -2.04. The van der Waals surface area contributed by atoms with E-state index in [9.17, 15) is 4.79 Å². The standard InChI is InChI=1S/C13H9BrN4OS/c14-9-7-16-13(17-8-9)20-11-3-1-10(2-4-11)18-12(19)5-6-15/h1-4,7-8H,5H2,(H,18,19). The first-order valence-electron chi connectivity index (χ1n) is 5.59. The Labute approximate surface area is 128 Å². The number of halogens is 1. The van der Waals surface area contributed by atoms with Crippen molar-refractivity contribution in [2.75, 3.05) is 5.32 Å². The van der Waals surface area contributed by atoms with Crippen LogP contribution >= 0.6 is 27.7 Å². The van der Waals surface area contributed by atoms with Gasteiger partial charge in [0.05, 0.1) is 10.5 Å². The summed E-state index contributed by atoms with van der Waals surface area (Å²) >= 11 is 4.70. The fourth-order valence-electron chi connectivity index (χ4n) is 1.34. The van der Waals surface area contributed by atoms with Crippen LogP contribution in [0.4, 0.5) is 5.69 Å². The summed E-state index contributed by atoms with van der Waals surface area (Å²) in [6.07, 6.45) is 3.22. The van der Waals surface area contributed by atoms with Gasteiger partial charge >= 0.3 is 0 Å². The molecule has 0 aliphatic heterocycles. The van der Waals surface area contributed by atoms with E-state index in [-0.39, 0.29) is 12.3 Å². The Kier molecular flexibility index (Phi) is 5.09. The highest BCUT2D eigenvalue weighted by molar-refractivity contribution is 9.10. The van der Waals surface area contributed by atoms with Crippen molar-refractivity contribution in [3.63, 3.8) is 0 Å². The first kappa shape index (κ1) is 14.5. The van der Waals surface area contributed by atoms with Crippen LogP contribution < -0.4 is 5.32 Å². The van der Waals surface area contributed by atoms with E-state index in [1.54, 1.807) is 30.6 Å². The number of carbonyl (C=O) groups excluding carboxylic acids is 1. The molecule has 0 unspecified atom stereocenters. The summed E-state index contributed by atoms with van der Waals surface area (Å²) in [4.78, 5) is 20.6. The second-order valence-electron chi connectivity index (χ2n) is 3.69. The fraction of sp³-hybridized carbons (Fsp3) is 0.0769. The van der Waals surface area contributed by atoms with Gasteiger partial charge in [-0.2, -0.15) is 5.26 Å². The number of nitriles is 1. The molecule has 5 nitrogen and oxygen atoms in total. The Morgan fingerprint density at radius 3 is 2.55 bits per heavy atom. The van der Waals surface area contributed by atoms with E-state index in [1.165, 1.54) is 11.8 Å². The molecule has 0 saturated heterocycles. The number of amides is 1. The molecule has 0 atom stereocenters. The van der Waals surface area contributed by atoms with Crippen LogP contribution in [0.2, 0.25) is 0 Å². The minimum atomic E-state index is -0.316. The molecule has 7 heteroatoms. The molecule has 1 aromatic carbocycles. The SMILES string of the molecule is N#CCC(=O)Nc1ccc(Sc2ncc(Br)cn2)cc1. The van der Waals surface area contributed by atoms with Gasteiger partial charge < -0.3 is 5.32 Å².